The van der Waals surface area contributed by atoms with Gasteiger partial charge in [-0.1, -0.05) is 13.0 Å². The number of anilines is 1. The number of nitrogens with zero attached hydrogens (tertiary/aromatic N) is 2. The van der Waals surface area contributed by atoms with Crippen molar-refractivity contribution in [3.05, 3.63) is 23.4 Å². The molecule has 1 saturated heterocycles. The Morgan fingerprint density at radius 3 is 2.84 bits per heavy atom. The molecule has 1 aliphatic heterocycles. The van der Waals surface area contributed by atoms with Gasteiger partial charge in [-0.3, -0.25) is 0 Å². The first-order valence-corrected chi connectivity index (χ1v) is 8.06. The topological polar surface area (TPSA) is 28.2 Å². The lowest BCUT2D eigenvalue weighted by Gasteiger charge is -2.38. The van der Waals surface area contributed by atoms with Crippen LogP contribution in [0.4, 0.5) is 5.82 Å². The fraction of sp³-hybridized carbons (Fsp3) is 0.667. The Balaban J connectivity index is 2.10. The molecule has 1 N–H and O–H groups in total. The normalized spacial score (nSPS) is 18.6. The number of hydrogen-bond acceptors (Lipinski definition) is 4. The van der Waals surface area contributed by atoms with Crippen LogP contribution in [0, 0.1) is 6.92 Å². The van der Waals surface area contributed by atoms with E-state index in [0.717, 1.165) is 37.7 Å². The number of pyridine rings is 1. The summed E-state index contributed by atoms with van der Waals surface area (Å²) in [5.74, 6) is 2.32. The predicted molar refractivity (Wildman–Crippen MR) is 85.1 cm³/mol. The largest absolute Gasteiger partial charge is 0.354 e. The Bertz CT molecular complexity index is 431. The third-order valence-corrected chi connectivity index (χ3v) is 4.79. The molecular weight excluding hydrogens is 254 g/mol. The zero-order valence-corrected chi connectivity index (χ0v) is 13.3. The molecule has 2 rings (SSSR count). The monoisotopic (exact) mass is 279 g/mol. The Kier molecular flexibility index (Phi) is 4.74. The molecule has 0 amide bonds. The second kappa shape index (κ2) is 6.14. The molecule has 0 aliphatic carbocycles. The summed E-state index contributed by atoms with van der Waals surface area (Å²) >= 11 is 2.06. The molecule has 0 atom stereocenters. The van der Waals surface area contributed by atoms with Crippen LogP contribution in [0.15, 0.2) is 12.1 Å². The number of aromatic nitrogens is 1. The first kappa shape index (κ1) is 14.7. The van der Waals surface area contributed by atoms with Gasteiger partial charge in [-0.15, -0.1) is 0 Å². The van der Waals surface area contributed by atoms with Crippen molar-refractivity contribution in [1.29, 1.82) is 0 Å². The van der Waals surface area contributed by atoms with Crippen molar-refractivity contribution in [2.45, 2.75) is 39.0 Å². The highest BCUT2D eigenvalue weighted by molar-refractivity contribution is 8.00. The van der Waals surface area contributed by atoms with Crippen molar-refractivity contribution in [2.75, 3.05) is 30.3 Å². The van der Waals surface area contributed by atoms with Gasteiger partial charge in [-0.05, 0) is 38.9 Å². The van der Waals surface area contributed by atoms with Crippen LogP contribution in [-0.4, -0.2) is 35.1 Å². The van der Waals surface area contributed by atoms with Gasteiger partial charge < -0.3 is 10.2 Å². The molecule has 0 spiro atoms. The maximum Gasteiger partial charge on any atom is 0.128 e. The van der Waals surface area contributed by atoms with Crippen molar-refractivity contribution < 1.29 is 0 Å². The van der Waals surface area contributed by atoms with Crippen molar-refractivity contribution in [1.82, 2.24) is 10.3 Å². The van der Waals surface area contributed by atoms with Crippen LogP contribution in [0.2, 0.25) is 0 Å². The van der Waals surface area contributed by atoms with Crippen molar-refractivity contribution in [3.8, 4) is 0 Å². The lowest BCUT2D eigenvalue weighted by atomic mass is 10.1. The summed E-state index contributed by atoms with van der Waals surface area (Å²) in [5.41, 5.74) is 2.45. The van der Waals surface area contributed by atoms with E-state index in [1.54, 1.807) is 0 Å². The van der Waals surface area contributed by atoms with E-state index in [1.807, 2.05) is 0 Å². The molecular formula is C15H25N3S. The van der Waals surface area contributed by atoms with E-state index in [2.05, 4.69) is 61.8 Å². The number of rotatable bonds is 4. The number of nitrogens with one attached hydrogen (secondary N) is 1. The summed E-state index contributed by atoms with van der Waals surface area (Å²) in [6.45, 7) is 13.0. The van der Waals surface area contributed by atoms with Gasteiger partial charge in [0.05, 0.1) is 0 Å². The summed E-state index contributed by atoms with van der Waals surface area (Å²) in [6.07, 6.45) is 0. The Morgan fingerprint density at radius 2 is 2.21 bits per heavy atom. The average Bonchev–Trinajstić information content (AvgIpc) is 2.36. The van der Waals surface area contributed by atoms with E-state index in [9.17, 15) is 0 Å². The van der Waals surface area contributed by atoms with Crippen LogP contribution in [-0.2, 0) is 6.54 Å². The summed E-state index contributed by atoms with van der Waals surface area (Å²) < 4.78 is 0.330. The van der Waals surface area contributed by atoms with E-state index in [-0.39, 0.29) is 0 Å². The summed E-state index contributed by atoms with van der Waals surface area (Å²) in [7, 11) is 0. The van der Waals surface area contributed by atoms with Crippen LogP contribution in [0.5, 0.6) is 0 Å². The molecule has 106 valence electrons. The fourth-order valence-corrected chi connectivity index (χ4v) is 3.52. The Morgan fingerprint density at radius 1 is 1.42 bits per heavy atom. The quantitative estimate of drug-likeness (QED) is 0.917. The SMILES string of the molecule is CCNCc1ccc(N2CCSC(C)(C)C2)nc1C. The van der Waals surface area contributed by atoms with Crippen LogP contribution in [0.3, 0.4) is 0 Å². The average molecular weight is 279 g/mol. The standard InChI is InChI=1S/C15H25N3S/c1-5-16-10-13-6-7-14(17-12(13)2)18-8-9-19-15(3,4)11-18/h6-7,16H,5,8-11H2,1-4H3. The smallest absolute Gasteiger partial charge is 0.128 e. The molecule has 0 aromatic carbocycles. The first-order chi connectivity index (χ1) is 9.02. The zero-order chi connectivity index (χ0) is 13.9. The molecule has 0 radical (unpaired) electrons. The number of aryl methyl sites for hydroxylation is 1. The van der Waals surface area contributed by atoms with Gasteiger partial charge in [0.25, 0.3) is 0 Å². The molecule has 3 nitrogen and oxygen atoms in total. The molecule has 2 heterocycles. The van der Waals surface area contributed by atoms with Gasteiger partial charge in [0.15, 0.2) is 0 Å². The molecule has 1 aromatic heterocycles. The highest BCUT2D eigenvalue weighted by Gasteiger charge is 2.27. The molecule has 4 heteroatoms. The number of thioether (sulfide) groups is 1. The van der Waals surface area contributed by atoms with Gasteiger partial charge in [0.2, 0.25) is 0 Å². The summed E-state index contributed by atoms with van der Waals surface area (Å²) in [6, 6.07) is 4.39. The van der Waals surface area contributed by atoms with Crippen molar-refractivity contribution in [3.63, 3.8) is 0 Å². The van der Waals surface area contributed by atoms with Crippen LogP contribution >= 0.6 is 11.8 Å². The van der Waals surface area contributed by atoms with Crippen LogP contribution in [0.25, 0.3) is 0 Å². The molecule has 19 heavy (non-hydrogen) atoms. The third kappa shape index (κ3) is 3.86. The molecule has 1 fully saturated rings. The zero-order valence-electron chi connectivity index (χ0n) is 12.5. The molecule has 0 saturated carbocycles. The van der Waals surface area contributed by atoms with E-state index in [0.29, 0.717) is 4.75 Å². The lowest BCUT2D eigenvalue weighted by Crippen LogP contribution is -2.43. The fourth-order valence-electron chi connectivity index (χ4n) is 2.41. The van der Waals surface area contributed by atoms with E-state index >= 15 is 0 Å². The minimum Gasteiger partial charge on any atom is -0.354 e. The Hall–Kier alpha value is -0.740. The maximum absolute atomic E-state index is 4.79. The first-order valence-electron chi connectivity index (χ1n) is 7.08. The van der Waals surface area contributed by atoms with Gasteiger partial charge in [0, 0.05) is 35.8 Å². The molecule has 1 aliphatic rings. The number of hydrogen-bond donors (Lipinski definition) is 1. The third-order valence-electron chi connectivity index (χ3n) is 3.50. The highest BCUT2D eigenvalue weighted by Crippen LogP contribution is 2.31. The second-order valence-corrected chi connectivity index (χ2v) is 7.53. The van der Waals surface area contributed by atoms with Gasteiger partial charge in [0.1, 0.15) is 5.82 Å². The predicted octanol–water partition coefficient (Wildman–Crippen LogP) is 2.83. The van der Waals surface area contributed by atoms with Crippen LogP contribution in [0.1, 0.15) is 32.0 Å². The summed E-state index contributed by atoms with van der Waals surface area (Å²) in [4.78, 5) is 7.21. The van der Waals surface area contributed by atoms with E-state index in [4.69, 9.17) is 4.98 Å². The molecule has 0 unspecified atom stereocenters. The Labute approximate surface area is 121 Å². The van der Waals surface area contributed by atoms with Crippen molar-refractivity contribution in [2.24, 2.45) is 0 Å². The van der Waals surface area contributed by atoms with Crippen LogP contribution < -0.4 is 10.2 Å². The summed E-state index contributed by atoms with van der Waals surface area (Å²) in [5, 5.41) is 3.36. The van der Waals surface area contributed by atoms with Crippen molar-refractivity contribution >= 4 is 17.6 Å². The van der Waals surface area contributed by atoms with E-state index in [1.165, 1.54) is 11.3 Å². The second-order valence-electron chi connectivity index (χ2n) is 5.72. The van der Waals surface area contributed by atoms with Gasteiger partial charge in [-0.2, -0.15) is 11.8 Å². The van der Waals surface area contributed by atoms with E-state index < -0.39 is 0 Å². The maximum atomic E-state index is 4.79. The highest BCUT2D eigenvalue weighted by atomic mass is 32.2. The minimum atomic E-state index is 0.330. The van der Waals surface area contributed by atoms with Gasteiger partial charge in [-0.25, -0.2) is 4.98 Å². The molecule has 0 bridgehead atoms. The minimum absolute atomic E-state index is 0.330. The molecule has 1 aromatic rings. The van der Waals surface area contributed by atoms with Gasteiger partial charge >= 0.3 is 0 Å². The lowest BCUT2D eigenvalue weighted by molar-refractivity contribution is 0.640.